The second kappa shape index (κ2) is 5.31. The van der Waals surface area contributed by atoms with Crippen LogP contribution in [-0.4, -0.2) is 24.3 Å². The van der Waals surface area contributed by atoms with Crippen LogP contribution in [-0.2, 0) is 14.3 Å². The van der Waals surface area contributed by atoms with Gasteiger partial charge in [0.2, 0.25) is 0 Å². The van der Waals surface area contributed by atoms with E-state index < -0.39 is 11.7 Å². The van der Waals surface area contributed by atoms with Crippen LogP contribution in [0.2, 0.25) is 0 Å². The summed E-state index contributed by atoms with van der Waals surface area (Å²) >= 11 is 0. The van der Waals surface area contributed by atoms with Crippen LogP contribution in [0.1, 0.15) is 40.0 Å². The van der Waals surface area contributed by atoms with E-state index in [1.165, 1.54) is 0 Å². The Kier molecular flexibility index (Phi) is 4.31. The number of carbonyl (C=O) groups excluding carboxylic acids is 1. The molecule has 0 aromatic carbocycles. The lowest BCUT2D eigenvalue weighted by Crippen LogP contribution is -2.37. The molecule has 1 aliphatic heterocycles. The van der Waals surface area contributed by atoms with Crippen molar-refractivity contribution in [3.63, 3.8) is 0 Å². The van der Waals surface area contributed by atoms with Gasteiger partial charge in [0, 0.05) is 6.42 Å². The molecule has 1 fully saturated rings. The average molecular weight is 225 g/mol. The molecule has 4 heteroatoms. The largest absolute Gasteiger partial charge is 0.458 e. The molecule has 90 valence electrons. The SMILES string of the molecule is CC(C)(C)OC(=O)[C@H]1CC[C@H](CC#N)CO1. The minimum absolute atomic E-state index is 0.267. The molecule has 0 unspecified atom stereocenters. The standard InChI is InChI=1S/C12H19NO3/c1-12(2,3)16-11(14)10-5-4-9(6-7-13)8-15-10/h9-10H,4-6,8H2,1-3H3/t9-,10-/m1/s1. The number of hydrogen-bond donors (Lipinski definition) is 0. The second-order valence-electron chi connectivity index (χ2n) is 5.16. The van der Waals surface area contributed by atoms with Gasteiger partial charge in [0.25, 0.3) is 0 Å². The van der Waals surface area contributed by atoms with Gasteiger partial charge in [-0.1, -0.05) is 0 Å². The molecule has 0 bridgehead atoms. The molecule has 4 nitrogen and oxygen atoms in total. The van der Waals surface area contributed by atoms with Crippen LogP contribution in [0.25, 0.3) is 0 Å². The summed E-state index contributed by atoms with van der Waals surface area (Å²) in [5.41, 5.74) is -0.468. The van der Waals surface area contributed by atoms with E-state index in [1.807, 2.05) is 20.8 Å². The van der Waals surface area contributed by atoms with Gasteiger partial charge in [-0.3, -0.25) is 0 Å². The van der Waals surface area contributed by atoms with E-state index in [0.29, 0.717) is 19.4 Å². The Labute approximate surface area is 96.5 Å². The number of esters is 1. The minimum atomic E-state index is -0.468. The fraction of sp³-hybridized carbons (Fsp3) is 0.833. The first kappa shape index (κ1) is 13.0. The van der Waals surface area contributed by atoms with Gasteiger partial charge in [-0.15, -0.1) is 0 Å². The van der Waals surface area contributed by atoms with Gasteiger partial charge in [-0.2, -0.15) is 5.26 Å². The average Bonchev–Trinajstić information content (AvgIpc) is 2.16. The van der Waals surface area contributed by atoms with Crippen molar-refractivity contribution in [3.05, 3.63) is 0 Å². The lowest BCUT2D eigenvalue weighted by Gasteiger charge is -2.29. The molecule has 0 aliphatic carbocycles. The number of ether oxygens (including phenoxy) is 2. The van der Waals surface area contributed by atoms with Crippen LogP contribution < -0.4 is 0 Å². The second-order valence-corrected chi connectivity index (χ2v) is 5.16. The molecule has 0 amide bonds. The molecule has 1 saturated heterocycles. The summed E-state index contributed by atoms with van der Waals surface area (Å²) < 4.78 is 10.7. The zero-order valence-corrected chi connectivity index (χ0v) is 10.2. The summed E-state index contributed by atoms with van der Waals surface area (Å²) in [6.45, 7) is 6.00. The van der Waals surface area contributed by atoms with Gasteiger partial charge in [0.15, 0.2) is 6.10 Å². The first-order chi connectivity index (χ1) is 7.42. The summed E-state index contributed by atoms with van der Waals surface area (Å²) in [7, 11) is 0. The summed E-state index contributed by atoms with van der Waals surface area (Å²) in [5, 5.41) is 8.55. The van der Waals surface area contributed by atoms with E-state index in [4.69, 9.17) is 14.7 Å². The highest BCUT2D eigenvalue weighted by atomic mass is 16.6. The maximum atomic E-state index is 11.7. The molecular weight excluding hydrogens is 206 g/mol. The van der Waals surface area contributed by atoms with Crippen molar-refractivity contribution < 1.29 is 14.3 Å². The van der Waals surface area contributed by atoms with Crippen molar-refractivity contribution in [3.8, 4) is 6.07 Å². The number of hydrogen-bond acceptors (Lipinski definition) is 4. The number of nitriles is 1. The van der Waals surface area contributed by atoms with Gasteiger partial charge in [0.1, 0.15) is 5.60 Å². The Morgan fingerprint density at radius 3 is 2.62 bits per heavy atom. The minimum Gasteiger partial charge on any atom is -0.458 e. The molecule has 0 radical (unpaired) electrons. The van der Waals surface area contributed by atoms with Gasteiger partial charge >= 0.3 is 5.97 Å². The molecule has 0 aromatic heterocycles. The van der Waals surface area contributed by atoms with Crippen LogP contribution in [0.3, 0.4) is 0 Å². The number of carbonyl (C=O) groups is 1. The van der Waals surface area contributed by atoms with Gasteiger partial charge in [-0.25, -0.2) is 4.79 Å². The fourth-order valence-electron chi connectivity index (χ4n) is 1.65. The molecule has 0 saturated carbocycles. The van der Waals surface area contributed by atoms with Crippen molar-refractivity contribution in [2.24, 2.45) is 5.92 Å². The highest BCUT2D eigenvalue weighted by Crippen LogP contribution is 2.23. The Morgan fingerprint density at radius 2 is 2.19 bits per heavy atom. The molecule has 0 spiro atoms. The third kappa shape index (κ3) is 4.19. The Bertz CT molecular complexity index is 280. The Hall–Kier alpha value is -1.08. The Balaban J connectivity index is 2.37. The molecule has 1 heterocycles. The first-order valence-corrected chi connectivity index (χ1v) is 5.64. The molecular formula is C12H19NO3. The summed E-state index contributed by atoms with van der Waals surface area (Å²) in [5.74, 6) is -0.0217. The van der Waals surface area contributed by atoms with Crippen LogP contribution in [0, 0.1) is 17.2 Å². The van der Waals surface area contributed by atoms with Crippen LogP contribution >= 0.6 is 0 Å². The lowest BCUT2D eigenvalue weighted by atomic mass is 9.96. The zero-order valence-electron chi connectivity index (χ0n) is 10.2. The third-order valence-corrected chi connectivity index (χ3v) is 2.42. The van der Waals surface area contributed by atoms with Gasteiger partial charge < -0.3 is 9.47 Å². The van der Waals surface area contributed by atoms with Crippen molar-refractivity contribution in [1.82, 2.24) is 0 Å². The molecule has 16 heavy (non-hydrogen) atoms. The van der Waals surface area contributed by atoms with Crippen LogP contribution in [0.5, 0.6) is 0 Å². The maximum Gasteiger partial charge on any atom is 0.335 e. The van der Waals surface area contributed by atoms with Crippen molar-refractivity contribution in [1.29, 1.82) is 5.26 Å². The van der Waals surface area contributed by atoms with Crippen molar-refractivity contribution >= 4 is 5.97 Å². The van der Waals surface area contributed by atoms with E-state index in [9.17, 15) is 4.79 Å². The highest BCUT2D eigenvalue weighted by molar-refractivity contribution is 5.75. The zero-order chi connectivity index (χ0) is 12.2. The van der Waals surface area contributed by atoms with Gasteiger partial charge in [-0.05, 0) is 39.5 Å². The van der Waals surface area contributed by atoms with E-state index in [0.717, 1.165) is 6.42 Å². The summed E-state index contributed by atoms with van der Waals surface area (Å²) in [4.78, 5) is 11.7. The van der Waals surface area contributed by atoms with E-state index in [-0.39, 0.29) is 11.9 Å². The topological polar surface area (TPSA) is 59.3 Å². The molecule has 1 aliphatic rings. The van der Waals surface area contributed by atoms with E-state index in [1.54, 1.807) is 0 Å². The summed E-state index contributed by atoms with van der Waals surface area (Å²) in [6.07, 6.45) is 1.56. The highest BCUT2D eigenvalue weighted by Gasteiger charge is 2.30. The predicted molar refractivity (Wildman–Crippen MR) is 58.5 cm³/mol. The molecule has 0 aromatic rings. The lowest BCUT2D eigenvalue weighted by molar-refractivity contribution is -0.173. The molecule has 1 rings (SSSR count). The van der Waals surface area contributed by atoms with Crippen molar-refractivity contribution in [2.75, 3.05) is 6.61 Å². The van der Waals surface area contributed by atoms with E-state index in [2.05, 4.69) is 6.07 Å². The van der Waals surface area contributed by atoms with Gasteiger partial charge in [0.05, 0.1) is 12.7 Å². The van der Waals surface area contributed by atoms with Crippen LogP contribution in [0.15, 0.2) is 0 Å². The summed E-state index contributed by atoms with van der Waals surface area (Å²) in [6, 6.07) is 2.12. The normalized spacial score (nSPS) is 25.9. The molecule has 2 atom stereocenters. The quantitative estimate of drug-likeness (QED) is 0.675. The number of nitrogens with zero attached hydrogens (tertiary/aromatic N) is 1. The van der Waals surface area contributed by atoms with E-state index >= 15 is 0 Å². The predicted octanol–water partition coefficient (Wildman–Crippen LogP) is 2.04. The fourth-order valence-corrected chi connectivity index (χ4v) is 1.65. The first-order valence-electron chi connectivity index (χ1n) is 5.64. The number of rotatable bonds is 2. The van der Waals surface area contributed by atoms with Crippen LogP contribution in [0.4, 0.5) is 0 Å². The molecule has 0 N–H and O–H groups in total. The maximum absolute atomic E-state index is 11.7. The third-order valence-electron chi connectivity index (χ3n) is 2.42. The monoisotopic (exact) mass is 225 g/mol. The van der Waals surface area contributed by atoms with Crippen molar-refractivity contribution in [2.45, 2.75) is 51.7 Å². The Morgan fingerprint density at radius 1 is 1.50 bits per heavy atom. The smallest absolute Gasteiger partial charge is 0.335 e.